The second kappa shape index (κ2) is 4.13. The summed E-state index contributed by atoms with van der Waals surface area (Å²) < 4.78 is 6.37. The van der Waals surface area contributed by atoms with Gasteiger partial charge in [0.25, 0.3) is 0 Å². The van der Waals surface area contributed by atoms with Crippen LogP contribution in [0.3, 0.4) is 0 Å². The maximum Gasteiger partial charge on any atom is 0.184 e. The summed E-state index contributed by atoms with van der Waals surface area (Å²) >= 11 is 0. The van der Waals surface area contributed by atoms with E-state index in [1.165, 1.54) is 11.2 Å². The molecule has 16 heavy (non-hydrogen) atoms. The molecule has 0 aromatic heterocycles. The first-order valence-electron chi connectivity index (χ1n) is 6.11. The molecule has 1 aromatic rings. The second-order valence-corrected chi connectivity index (χ2v) is 16.0. The fourth-order valence-corrected chi connectivity index (χ4v) is 16.8. The minimum Gasteiger partial charge on any atom is -0.417 e. The predicted octanol–water partition coefficient (Wildman–Crippen LogP) is 3.62. The van der Waals surface area contributed by atoms with Gasteiger partial charge in [-0.05, 0) is 30.7 Å². The van der Waals surface area contributed by atoms with Crippen LogP contribution in [-0.2, 0) is 10.8 Å². The lowest BCUT2D eigenvalue weighted by atomic mass is 10.2. The molecule has 1 aromatic carbocycles. The molecule has 1 heterocycles. The highest BCUT2D eigenvalue weighted by Gasteiger charge is 2.48. The van der Waals surface area contributed by atoms with E-state index in [0.29, 0.717) is 5.73 Å². The van der Waals surface area contributed by atoms with E-state index >= 15 is 0 Å². The molecule has 1 fully saturated rings. The standard InChI is InChI=1S/C13H22OSi2/c1-15(2)11-16(3,4)14-13(15)10-12-8-6-5-7-9-12/h5-9,13H,10-11H2,1-4H3. The molecule has 1 atom stereocenters. The van der Waals surface area contributed by atoms with Crippen LogP contribution in [0.25, 0.3) is 0 Å². The monoisotopic (exact) mass is 250 g/mol. The number of benzene rings is 1. The zero-order valence-electron chi connectivity index (χ0n) is 10.8. The molecule has 0 N–H and O–H groups in total. The molecule has 1 nitrogen and oxygen atoms in total. The molecule has 0 aliphatic carbocycles. The Balaban J connectivity index is 2.11. The number of rotatable bonds is 2. The lowest BCUT2D eigenvalue weighted by molar-refractivity contribution is 0.278. The van der Waals surface area contributed by atoms with Crippen LogP contribution in [0.1, 0.15) is 5.56 Å². The van der Waals surface area contributed by atoms with Gasteiger partial charge in [-0.25, -0.2) is 0 Å². The van der Waals surface area contributed by atoms with E-state index in [9.17, 15) is 0 Å². The smallest absolute Gasteiger partial charge is 0.184 e. The third-order valence-electron chi connectivity index (χ3n) is 3.48. The van der Waals surface area contributed by atoms with Gasteiger partial charge in [-0.15, -0.1) is 0 Å². The average molecular weight is 250 g/mol. The molecule has 1 aliphatic heterocycles. The van der Waals surface area contributed by atoms with E-state index in [2.05, 4.69) is 56.5 Å². The van der Waals surface area contributed by atoms with Crippen LogP contribution < -0.4 is 0 Å². The van der Waals surface area contributed by atoms with Gasteiger partial charge in [-0.2, -0.15) is 0 Å². The van der Waals surface area contributed by atoms with Crippen molar-refractivity contribution in [2.24, 2.45) is 0 Å². The topological polar surface area (TPSA) is 9.23 Å². The van der Waals surface area contributed by atoms with Crippen LogP contribution >= 0.6 is 0 Å². The van der Waals surface area contributed by atoms with Gasteiger partial charge in [0.15, 0.2) is 8.32 Å². The summed E-state index contributed by atoms with van der Waals surface area (Å²) in [6, 6.07) is 10.8. The zero-order valence-corrected chi connectivity index (χ0v) is 12.8. The van der Waals surface area contributed by atoms with Crippen molar-refractivity contribution in [2.45, 2.75) is 44.0 Å². The molecule has 2 rings (SSSR count). The predicted molar refractivity (Wildman–Crippen MR) is 74.8 cm³/mol. The van der Waals surface area contributed by atoms with Gasteiger partial charge in [0.2, 0.25) is 0 Å². The van der Waals surface area contributed by atoms with Crippen molar-refractivity contribution in [2.75, 3.05) is 0 Å². The Morgan fingerprint density at radius 1 is 1.12 bits per heavy atom. The highest BCUT2D eigenvalue weighted by atomic mass is 28.4. The summed E-state index contributed by atoms with van der Waals surface area (Å²) in [4.78, 5) is 0. The van der Waals surface area contributed by atoms with E-state index < -0.39 is 16.4 Å². The van der Waals surface area contributed by atoms with Crippen molar-refractivity contribution in [1.29, 1.82) is 0 Å². The normalized spacial score (nSPS) is 26.9. The fraction of sp³-hybridized carbons (Fsp3) is 0.538. The van der Waals surface area contributed by atoms with Crippen molar-refractivity contribution < 1.29 is 4.43 Å². The van der Waals surface area contributed by atoms with E-state index in [1.54, 1.807) is 0 Å². The van der Waals surface area contributed by atoms with Gasteiger partial charge in [0.05, 0.1) is 8.07 Å². The van der Waals surface area contributed by atoms with E-state index in [0.717, 1.165) is 6.42 Å². The van der Waals surface area contributed by atoms with Gasteiger partial charge in [-0.1, -0.05) is 43.4 Å². The number of hydrogen-bond acceptors (Lipinski definition) is 1. The molecule has 0 radical (unpaired) electrons. The zero-order chi connectivity index (χ0) is 11.8. The minimum absolute atomic E-state index is 0.538. The van der Waals surface area contributed by atoms with Crippen molar-refractivity contribution in [3.05, 3.63) is 35.9 Å². The Hall–Kier alpha value is -0.386. The lowest BCUT2D eigenvalue weighted by Crippen LogP contribution is -2.38. The molecule has 0 bridgehead atoms. The first kappa shape index (κ1) is 12.1. The first-order chi connectivity index (χ1) is 7.39. The fourth-order valence-electron chi connectivity index (χ4n) is 2.94. The summed E-state index contributed by atoms with van der Waals surface area (Å²) in [5.41, 5.74) is 3.38. The summed E-state index contributed by atoms with van der Waals surface area (Å²) in [5.74, 6) is 0. The Morgan fingerprint density at radius 2 is 1.75 bits per heavy atom. The van der Waals surface area contributed by atoms with E-state index in [1.807, 2.05) is 0 Å². The van der Waals surface area contributed by atoms with Crippen molar-refractivity contribution >= 4 is 16.4 Å². The van der Waals surface area contributed by atoms with Gasteiger partial charge in [-0.3, -0.25) is 0 Å². The molecule has 0 amide bonds. The third kappa shape index (κ3) is 2.65. The Bertz CT molecular complexity index is 359. The van der Waals surface area contributed by atoms with Crippen LogP contribution in [0.15, 0.2) is 30.3 Å². The van der Waals surface area contributed by atoms with Crippen molar-refractivity contribution in [3.8, 4) is 0 Å². The van der Waals surface area contributed by atoms with Gasteiger partial charge >= 0.3 is 0 Å². The highest BCUT2D eigenvalue weighted by molar-refractivity contribution is 6.96. The van der Waals surface area contributed by atoms with Crippen molar-refractivity contribution in [1.82, 2.24) is 0 Å². The highest BCUT2D eigenvalue weighted by Crippen LogP contribution is 2.36. The molecule has 1 aliphatic rings. The van der Waals surface area contributed by atoms with E-state index in [-0.39, 0.29) is 0 Å². The summed E-state index contributed by atoms with van der Waals surface area (Å²) in [6.45, 7) is 9.71. The Morgan fingerprint density at radius 3 is 2.25 bits per heavy atom. The Labute approximate surface area is 101 Å². The molecule has 3 heteroatoms. The molecule has 0 spiro atoms. The third-order valence-corrected chi connectivity index (χ3v) is 13.8. The summed E-state index contributed by atoms with van der Waals surface area (Å²) in [6.07, 6.45) is 1.12. The SMILES string of the molecule is C[Si]1(C)C[Si](C)(C)C(Cc2ccccc2)O1. The lowest BCUT2D eigenvalue weighted by Gasteiger charge is -2.24. The van der Waals surface area contributed by atoms with Gasteiger partial charge < -0.3 is 4.43 Å². The molecular weight excluding hydrogens is 228 g/mol. The van der Waals surface area contributed by atoms with Gasteiger partial charge in [0.1, 0.15) is 0 Å². The maximum atomic E-state index is 6.37. The molecule has 0 saturated carbocycles. The van der Waals surface area contributed by atoms with Gasteiger partial charge in [0, 0.05) is 5.73 Å². The summed E-state index contributed by atoms with van der Waals surface area (Å²) in [5, 5.41) is 0. The largest absolute Gasteiger partial charge is 0.417 e. The first-order valence-corrected chi connectivity index (χ1v) is 12.5. The molecule has 1 unspecified atom stereocenters. The molecular formula is C13H22OSi2. The van der Waals surface area contributed by atoms with Crippen LogP contribution in [0.2, 0.25) is 31.9 Å². The van der Waals surface area contributed by atoms with E-state index in [4.69, 9.17) is 4.43 Å². The Kier molecular flexibility index (Phi) is 3.12. The minimum atomic E-state index is -1.33. The molecule has 88 valence electrons. The number of hydrogen-bond donors (Lipinski definition) is 0. The molecule has 1 saturated heterocycles. The quantitative estimate of drug-likeness (QED) is 0.729. The van der Waals surface area contributed by atoms with Crippen LogP contribution in [-0.4, -0.2) is 22.1 Å². The van der Waals surface area contributed by atoms with Crippen LogP contribution in [0.4, 0.5) is 0 Å². The average Bonchev–Trinajstić information content (AvgIpc) is 2.36. The van der Waals surface area contributed by atoms with Crippen molar-refractivity contribution in [3.63, 3.8) is 0 Å². The second-order valence-electron chi connectivity index (χ2n) is 6.22. The summed E-state index contributed by atoms with van der Waals surface area (Å²) in [7, 11) is -2.48. The van der Waals surface area contributed by atoms with Crippen LogP contribution in [0.5, 0.6) is 0 Å². The van der Waals surface area contributed by atoms with Crippen LogP contribution in [0, 0.1) is 0 Å². The maximum absolute atomic E-state index is 6.37.